The minimum absolute atomic E-state index is 0.00714. The maximum absolute atomic E-state index is 14.2. The molecule has 10 N–H and O–H groups in total. The number of carboxylic acid groups (broad SMARTS) is 1. The molecule has 0 unspecified atom stereocenters. The van der Waals surface area contributed by atoms with Gasteiger partial charge in [-0.1, -0.05) is 36.4 Å². The number of aliphatic carboxylic acids is 1. The van der Waals surface area contributed by atoms with Gasteiger partial charge in [0.25, 0.3) is 5.91 Å². The van der Waals surface area contributed by atoms with E-state index in [1.807, 2.05) is 0 Å². The maximum atomic E-state index is 14.2. The number of likely N-dealkylation sites (N-methyl/N-ethyl adjacent to an activating group) is 1. The predicted molar refractivity (Wildman–Crippen MR) is 236 cm³/mol. The van der Waals surface area contributed by atoms with Gasteiger partial charge in [0.05, 0.1) is 42.6 Å². The lowest BCUT2D eigenvalue weighted by Crippen LogP contribution is -2.66. The number of nitrogens with zero attached hydrogens (tertiary/aromatic N) is 1. The molecule has 0 saturated carbocycles. The van der Waals surface area contributed by atoms with E-state index in [1.54, 1.807) is 30.3 Å². The van der Waals surface area contributed by atoms with Crippen LogP contribution in [-0.2, 0) is 35.1 Å². The number of aryl methyl sites for hydroxylation is 1. The number of hydrogen-bond donors (Lipinski definition) is 10. The van der Waals surface area contributed by atoms with Gasteiger partial charge in [-0.25, -0.2) is 4.79 Å². The van der Waals surface area contributed by atoms with Crippen molar-refractivity contribution in [2.24, 2.45) is 0 Å². The Morgan fingerprint density at radius 3 is 2.16 bits per heavy atom. The fourth-order valence-corrected chi connectivity index (χ4v) is 9.36. The molecule has 2 aliphatic heterocycles. The molecule has 22 nitrogen and oxygen atoms in total. The smallest absolute Gasteiger partial charge is 0.410 e. The highest BCUT2D eigenvalue weighted by Gasteiger charge is 2.53. The van der Waals surface area contributed by atoms with Crippen LogP contribution in [-0.4, -0.2) is 162 Å². The molecule has 0 aromatic heterocycles. The highest BCUT2D eigenvalue weighted by Crippen LogP contribution is 2.57. The van der Waals surface area contributed by atoms with E-state index < -0.39 is 160 Å². The minimum atomic E-state index is -2.01. The molecule has 22 heteroatoms. The molecule has 8 rings (SSSR count). The molecule has 4 aromatic rings. The zero-order valence-corrected chi connectivity index (χ0v) is 38.0. The van der Waals surface area contributed by atoms with Crippen molar-refractivity contribution in [3.63, 3.8) is 0 Å². The summed E-state index contributed by atoms with van der Waals surface area (Å²) >= 11 is 0. The number of phenols is 3. The van der Waals surface area contributed by atoms with Crippen LogP contribution in [0.5, 0.6) is 23.0 Å². The molecule has 372 valence electrons. The Labute approximate surface area is 397 Å². The number of aliphatic hydroxyl groups is 5. The molecule has 4 aliphatic rings. The van der Waals surface area contributed by atoms with E-state index >= 15 is 0 Å². The summed E-state index contributed by atoms with van der Waals surface area (Å²) in [6, 6.07) is 10.5. The molecule has 2 heterocycles. The highest BCUT2D eigenvalue weighted by atomic mass is 16.7. The number of hydrogen-bond acceptors (Lipinski definition) is 19. The van der Waals surface area contributed by atoms with Gasteiger partial charge in [-0.3, -0.25) is 19.2 Å². The molecule has 0 bridgehead atoms. The van der Waals surface area contributed by atoms with Crippen LogP contribution in [0, 0.1) is 6.92 Å². The van der Waals surface area contributed by atoms with Gasteiger partial charge >= 0.3 is 12.1 Å². The lowest BCUT2D eigenvalue weighted by atomic mass is 9.74. The van der Waals surface area contributed by atoms with Gasteiger partial charge in [0, 0.05) is 35.4 Å². The van der Waals surface area contributed by atoms with E-state index in [0.717, 1.165) is 17.0 Å². The summed E-state index contributed by atoms with van der Waals surface area (Å²) in [6.45, 7) is 3.33. The molecule has 2 amide bonds. The molecule has 12 atom stereocenters. The Hall–Kier alpha value is -6.73. The lowest BCUT2D eigenvalue weighted by molar-refractivity contribution is -0.344. The number of rotatable bonds is 11. The van der Waals surface area contributed by atoms with Crippen LogP contribution >= 0.6 is 0 Å². The summed E-state index contributed by atoms with van der Waals surface area (Å²) in [7, 11) is 2.57. The third-order valence-corrected chi connectivity index (χ3v) is 13.0. The normalized spacial score (nSPS) is 27.3. The number of ether oxygens (including phenoxy) is 6. The second-order valence-corrected chi connectivity index (χ2v) is 17.4. The van der Waals surface area contributed by atoms with Crippen molar-refractivity contribution in [2.75, 3.05) is 20.8 Å². The molecule has 2 saturated heterocycles. The molecule has 2 fully saturated rings. The van der Waals surface area contributed by atoms with Gasteiger partial charge in [0.2, 0.25) is 0 Å². The van der Waals surface area contributed by atoms with Crippen LogP contribution in [0.25, 0.3) is 11.1 Å². The Kier molecular flexibility index (Phi) is 13.6. The molecular formula is C48H50N2O20. The number of phenolic OH excluding ortho intramolecular Hbond substituents is 3. The highest BCUT2D eigenvalue weighted by molar-refractivity contribution is 6.31. The number of methoxy groups -OCH3 is 1. The monoisotopic (exact) mass is 974 g/mol. The number of aliphatic hydroxyl groups excluding tert-OH is 5. The van der Waals surface area contributed by atoms with Gasteiger partial charge in [-0.15, -0.1) is 0 Å². The van der Waals surface area contributed by atoms with Crippen LogP contribution in [0.2, 0.25) is 0 Å². The van der Waals surface area contributed by atoms with E-state index in [1.165, 1.54) is 47.1 Å². The Morgan fingerprint density at radius 1 is 0.829 bits per heavy atom. The van der Waals surface area contributed by atoms with Crippen molar-refractivity contribution < 1.29 is 98.4 Å². The minimum Gasteiger partial charge on any atom is -0.507 e. The van der Waals surface area contributed by atoms with Gasteiger partial charge in [-0.2, -0.15) is 0 Å². The van der Waals surface area contributed by atoms with Crippen LogP contribution in [0.15, 0.2) is 54.6 Å². The van der Waals surface area contributed by atoms with Gasteiger partial charge in [0.1, 0.15) is 78.4 Å². The third-order valence-electron chi connectivity index (χ3n) is 13.0. The Bertz CT molecular complexity index is 2770. The summed E-state index contributed by atoms with van der Waals surface area (Å²) in [5.74, 6) is -6.91. The molecule has 2 aliphatic carbocycles. The SMILES string of the molecule is COc1cc(O)c2c(c1)C(=O)c1c(cc3c(c1O)-c1c(cc(C)c(C(=O)N[C@H](C)C(=O)O)c1O)[C@H](O[C@@H]1O[C@H](C)[C@H](N(C)C(=O)OCc4ccccc4)[C@H](O[C@@H]4OC[C@H](O)[C@H](O)[C@H]4O)[C@H]1O)[C@H]3O)C2=O. The van der Waals surface area contributed by atoms with Crippen molar-refractivity contribution in [3.8, 4) is 34.1 Å². The number of fused-ring (bicyclic) bond motifs is 5. The first-order valence-corrected chi connectivity index (χ1v) is 21.9. The van der Waals surface area contributed by atoms with Crippen molar-refractivity contribution in [3.05, 3.63) is 105 Å². The summed E-state index contributed by atoms with van der Waals surface area (Å²) in [4.78, 5) is 68.5. The molecule has 70 heavy (non-hydrogen) atoms. The van der Waals surface area contributed by atoms with E-state index in [9.17, 15) is 69.9 Å². The predicted octanol–water partition coefficient (Wildman–Crippen LogP) is 1.44. The number of benzene rings is 4. The number of ketones is 2. The second-order valence-electron chi connectivity index (χ2n) is 17.4. The van der Waals surface area contributed by atoms with Crippen LogP contribution in [0.3, 0.4) is 0 Å². The first-order chi connectivity index (χ1) is 33.2. The molecule has 0 radical (unpaired) electrons. The van der Waals surface area contributed by atoms with Gasteiger partial charge in [0.15, 0.2) is 24.1 Å². The number of carbonyl (C=O) groups excluding carboxylic acids is 4. The van der Waals surface area contributed by atoms with E-state index in [0.29, 0.717) is 5.56 Å². The number of carbonyl (C=O) groups is 5. The summed E-state index contributed by atoms with van der Waals surface area (Å²) < 4.78 is 35.0. The fraction of sp³-hybridized carbons (Fsp3) is 0.396. The number of aromatic hydroxyl groups is 3. The van der Waals surface area contributed by atoms with Crippen LogP contribution in [0.4, 0.5) is 4.79 Å². The van der Waals surface area contributed by atoms with Crippen molar-refractivity contribution >= 4 is 29.5 Å². The average molecular weight is 975 g/mol. The van der Waals surface area contributed by atoms with Crippen LogP contribution in [0.1, 0.15) is 90.5 Å². The average Bonchev–Trinajstić information content (AvgIpc) is 3.32. The van der Waals surface area contributed by atoms with E-state index in [-0.39, 0.29) is 34.6 Å². The van der Waals surface area contributed by atoms with Gasteiger partial charge < -0.3 is 84.6 Å². The standard InChI is InChI=1S/C48H50N2O20/c1-17-11-25-31(38(57)28(17)44(61)49-18(2)45(62)63)30-23(14-24-32(39(30)58)35(54)22-12-21(65-5)13-26(51)29(22)34(24)53)36(55)42(25)69-47-41(60)43(70-46-40(59)37(56)27(52)16-66-46)33(19(3)68-47)50(4)48(64)67-15-20-9-7-6-8-10-20/h6-14,18-19,27,33,36-37,40-43,46-47,51-52,55-60H,15-16H2,1-5H3,(H,49,61)(H,62,63)/t18-,19-,27+,33+,36+,37+,40-,41-,42+,43+,46+,47+/m1/s1. The summed E-state index contributed by atoms with van der Waals surface area (Å²) in [5, 5.41) is 103. The number of nitrogens with one attached hydrogen (secondary N) is 1. The number of carboxylic acids is 1. The number of amides is 2. The first kappa shape index (κ1) is 49.7. The topological polar surface area (TPSA) is 338 Å². The quantitative estimate of drug-likeness (QED) is 0.0895. The van der Waals surface area contributed by atoms with E-state index in [2.05, 4.69) is 5.32 Å². The second kappa shape index (κ2) is 19.2. The molecular weight excluding hydrogens is 925 g/mol. The molecule has 0 spiro atoms. The largest absolute Gasteiger partial charge is 0.507 e. The lowest BCUT2D eigenvalue weighted by Gasteiger charge is -2.49. The summed E-state index contributed by atoms with van der Waals surface area (Å²) in [6.07, 6.45) is -18.3. The van der Waals surface area contributed by atoms with Crippen LogP contribution < -0.4 is 10.1 Å². The molecule has 4 aromatic carbocycles. The Balaban J connectivity index is 1.22. The van der Waals surface area contributed by atoms with E-state index in [4.69, 9.17) is 28.4 Å². The fourth-order valence-electron chi connectivity index (χ4n) is 9.36. The first-order valence-electron chi connectivity index (χ1n) is 21.9. The van der Waals surface area contributed by atoms with Crippen molar-refractivity contribution in [2.45, 2.75) is 101 Å². The zero-order chi connectivity index (χ0) is 50.8. The Morgan fingerprint density at radius 2 is 1.49 bits per heavy atom. The van der Waals surface area contributed by atoms with Gasteiger partial charge in [-0.05, 0) is 55.2 Å². The maximum Gasteiger partial charge on any atom is 0.410 e. The van der Waals surface area contributed by atoms with Crippen molar-refractivity contribution in [1.82, 2.24) is 10.2 Å². The zero-order valence-electron chi connectivity index (χ0n) is 38.0. The third kappa shape index (κ3) is 8.56. The summed E-state index contributed by atoms with van der Waals surface area (Å²) in [5.41, 5.74) is -3.19. The van der Waals surface area contributed by atoms with Crippen molar-refractivity contribution in [1.29, 1.82) is 0 Å².